The largest absolute Gasteiger partial charge is 0.389 e. The average Bonchev–Trinajstić information content (AvgIpc) is 2.79. The van der Waals surface area contributed by atoms with Crippen LogP contribution >= 0.6 is 0 Å². The van der Waals surface area contributed by atoms with Crippen molar-refractivity contribution in [3.63, 3.8) is 0 Å². The number of halogens is 1. The number of hydrogen-bond acceptors (Lipinski definition) is 3. The zero-order chi connectivity index (χ0) is 14.8. The van der Waals surface area contributed by atoms with Gasteiger partial charge in [-0.3, -0.25) is 0 Å². The molecule has 0 amide bonds. The standard InChI is InChI=1S/C15H20FN3O/c1-11(2)19-14(17-10-18-19)9-15(3,20)8-12-4-6-13(16)7-5-12/h4-7,10-11,20H,8-9H2,1-3H3. The molecule has 0 bridgehead atoms. The molecule has 4 nitrogen and oxygen atoms in total. The monoisotopic (exact) mass is 277 g/mol. The topological polar surface area (TPSA) is 50.9 Å². The molecular formula is C15H20FN3O. The maximum atomic E-state index is 12.9. The van der Waals surface area contributed by atoms with Crippen LogP contribution in [0.4, 0.5) is 4.39 Å². The van der Waals surface area contributed by atoms with Gasteiger partial charge < -0.3 is 5.11 Å². The molecule has 1 unspecified atom stereocenters. The Labute approximate surface area is 118 Å². The van der Waals surface area contributed by atoms with Crippen LogP contribution in [0.1, 0.15) is 38.2 Å². The van der Waals surface area contributed by atoms with Gasteiger partial charge in [-0.15, -0.1) is 0 Å². The van der Waals surface area contributed by atoms with Crippen molar-refractivity contribution in [1.29, 1.82) is 0 Å². The lowest BCUT2D eigenvalue weighted by Crippen LogP contribution is -2.32. The summed E-state index contributed by atoms with van der Waals surface area (Å²) in [5.41, 5.74) is -0.0515. The molecule has 0 fully saturated rings. The van der Waals surface area contributed by atoms with Gasteiger partial charge in [0.15, 0.2) is 0 Å². The maximum Gasteiger partial charge on any atom is 0.138 e. The number of aliphatic hydroxyl groups is 1. The Morgan fingerprint density at radius 2 is 1.90 bits per heavy atom. The first-order chi connectivity index (χ1) is 9.37. The molecule has 2 aromatic rings. The highest BCUT2D eigenvalue weighted by atomic mass is 19.1. The molecule has 0 radical (unpaired) electrons. The fraction of sp³-hybridized carbons (Fsp3) is 0.467. The quantitative estimate of drug-likeness (QED) is 0.913. The SMILES string of the molecule is CC(C)n1ncnc1CC(C)(O)Cc1ccc(F)cc1. The summed E-state index contributed by atoms with van der Waals surface area (Å²) in [5, 5.41) is 14.7. The van der Waals surface area contributed by atoms with Gasteiger partial charge in [0.05, 0.1) is 5.60 Å². The summed E-state index contributed by atoms with van der Waals surface area (Å²) < 4.78 is 14.7. The molecule has 0 spiro atoms. The van der Waals surface area contributed by atoms with Crippen LogP contribution in [0.25, 0.3) is 0 Å². The van der Waals surface area contributed by atoms with Gasteiger partial charge >= 0.3 is 0 Å². The van der Waals surface area contributed by atoms with Crippen LogP contribution in [0.15, 0.2) is 30.6 Å². The second-order valence-electron chi connectivity index (χ2n) is 5.69. The van der Waals surface area contributed by atoms with Crippen molar-refractivity contribution in [2.75, 3.05) is 0 Å². The number of nitrogens with zero attached hydrogens (tertiary/aromatic N) is 3. The molecule has 1 aromatic heterocycles. The predicted octanol–water partition coefficient (Wildman–Crippen LogP) is 2.53. The Bertz CT molecular complexity index is 561. The zero-order valence-corrected chi connectivity index (χ0v) is 12.0. The highest BCUT2D eigenvalue weighted by Crippen LogP contribution is 2.19. The van der Waals surface area contributed by atoms with Crippen LogP contribution in [-0.2, 0) is 12.8 Å². The maximum absolute atomic E-state index is 12.9. The smallest absolute Gasteiger partial charge is 0.138 e. The molecule has 108 valence electrons. The van der Waals surface area contributed by atoms with E-state index in [2.05, 4.69) is 10.1 Å². The second kappa shape index (κ2) is 5.71. The summed E-state index contributed by atoms with van der Waals surface area (Å²) in [6.45, 7) is 5.80. The molecule has 0 aliphatic carbocycles. The zero-order valence-electron chi connectivity index (χ0n) is 12.0. The molecule has 20 heavy (non-hydrogen) atoms. The van der Waals surface area contributed by atoms with Gasteiger partial charge in [-0.25, -0.2) is 14.1 Å². The lowest BCUT2D eigenvalue weighted by molar-refractivity contribution is 0.0572. The molecule has 0 saturated carbocycles. The van der Waals surface area contributed by atoms with Gasteiger partial charge in [0.1, 0.15) is 18.0 Å². The summed E-state index contributed by atoms with van der Waals surface area (Å²) in [5.74, 6) is 0.486. The highest BCUT2D eigenvalue weighted by Gasteiger charge is 2.25. The van der Waals surface area contributed by atoms with Gasteiger partial charge in [0.2, 0.25) is 0 Å². The average molecular weight is 277 g/mol. The molecule has 1 aromatic carbocycles. The fourth-order valence-corrected chi connectivity index (χ4v) is 2.28. The summed E-state index contributed by atoms with van der Waals surface area (Å²) in [7, 11) is 0. The van der Waals surface area contributed by atoms with Gasteiger partial charge in [0, 0.05) is 18.9 Å². The summed E-state index contributed by atoms with van der Waals surface area (Å²) in [4.78, 5) is 4.21. The Balaban J connectivity index is 2.10. The van der Waals surface area contributed by atoms with Crippen molar-refractivity contribution in [2.24, 2.45) is 0 Å². The molecular weight excluding hydrogens is 257 g/mol. The van der Waals surface area contributed by atoms with E-state index in [9.17, 15) is 9.50 Å². The highest BCUT2D eigenvalue weighted by molar-refractivity contribution is 5.18. The fourth-order valence-electron chi connectivity index (χ4n) is 2.28. The minimum Gasteiger partial charge on any atom is -0.389 e. The first-order valence-corrected chi connectivity index (χ1v) is 6.72. The summed E-state index contributed by atoms with van der Waals surface area (Å²) >= 11 is 0. The van der Waals surface area contributed by atoms with Crippen molar-refractivity contribution >= 4 is 0 Å². The van der Waals surface area contributed by atoms with E-state index in [1.807, 2.05) is 13.8 Å². The van der Waals surface area contributed by atoms with Crippen LogP contribution in [0, 0.1) is 5.82 Å². The van der Waals surface area contributed by atoms with Crippen molar-refractivity contribution < 1.29 is 9.50 Å². The van der Waals surface area contributed by atoms with Crippen LogP contribution < -0.4 is 0 Å². The number of rotatable bonds is 5. The van der Waals surface area contributed by atoms with E-state index in [0.29, 0.717) is 12.8 Å². The van der Waals surface area contributed by atoms with E-state index < -0.39 is 5.60 Å². The van der Waals surface area contributed by atoms with Crippen LogP contribution in [0.3, 0.4) is 0 Å². The van der Waals surface area contributed by atoms with Gasteiger partial charge in [0.25, 0.3) is 0 Å². The molecule has 1 N–H and O–H groups in total. The Hall–Kier alpha value is -1.75. The normalized spacial score (nSPS) is 14.5. The molecule has 5 heteroatoms. The van der Waals surface area contributed by atoms with E-state index in [-0.39, 0.29) is 11.9 Å². The predicted molar refractivity (Wildman–Crippen MR) is 74.8 cm³/mol. The van der Waals surface area contributed by atoms with Crippen molar-refractivity contribution in [1.82, 2.24) is 14.8 Å². The van der Waals surface area contributed by atoms with Crippen molar-refractivity contribution in [2.45, 2.75) is 45.3 Å². The summed E-state index contributed by atoms with van der Waals surface area (Å²) in [6, 6.07) is 6.40. The minimum absolute atomic E-state index is 0.203. The van der Waals surface area contributed by atoms with Crippen LogP contribution in [0.2, 0.25) is 0 Å². The van der Waals surface area contributed by atoms with Gasteiger partial charge in [-0.1, -0.05) is 12.1 Å². The summed E-state index contributed by atoms with van der Waals surface area (Å²) in [6.07, 6.45) is 2.35. The van der Waals surface area contributed by atoms with Crippen LogP contribution in [-0.4, -0.2) is 25.5 Å². The van der Waals surface area contributed by atoms with E-state index in [1.165, 1.54) is 18.5 Å². The van der Waals surface area contributed by atoms with E-state index in [1.54, 1.807) is 23.7 Å². The lowest BCUT2D eigenvalue weighted by Gasteiger charge is -2.23. The number of benzene rings is 1. The third-order valence-electron chi connectivity index (χ3n) is 3.17. The molecule has 1 heterocycles. The van der Waals surface area contributed by atoms with E-state index in [4.69, 9.17) is 0 Å². The van der Waals surface area contributed by atoms with Crippen molar-refractivity contribution in [3.8, 4) is 0 Å². The van der Waals surface area contributed by atoms with E-state index in [0.717, 1.165) is 11.4 Å². The molecule has 0 aliphatic heterocycles. The molecule has 0 saturated heterocycles. The Morgan fingerprint density at radius 1 is 1.25 bits per heavy atom. The van der Waals surface area contributed by atoms with Gasteiger partial charge in [-0.2, -0.15) is 5.10 Å². The number of aromatic nitrogens is 3. The third kappa shape index (κ3) is 3.63. The number of hydrogen-bond donors (Lipinski definition) is 1. The van der Waals surface area contributed by atoms with Crippen LogP contribution in [0.5, 0.6) is 0 Å². The minimum atomic E-state index is -0.947. The molecule has 1 atom stereocenters. The lowest BCUT2D eigenvalue weighted by atomic mass is 9.93. The molecule has 0 aliphatic rings. The Kier molecular flexibility index (Phi) is 4.18. The van der Waals surface area contributed by atoms with E-state index >= 15 is 0 Å². The second-order valence-corrected chi connectivity index (χ2v) is 5.69. The first kappa shape index (κ1) is 14.7. The molecule has 2 rings (SSSR count). The first-order valence-electron chi connectivity index (χ1n) is 6.72. The van der Waals surface area contributed by atoms with Gasteiger partial charge in [-0.05, 0) is 38.5 Å². The van der Waals surface area contributed by atoms with Crippen molar-refractivity contribution in [3.05, 3.63) is 47.8 Å². The third-order valence-corrected chi connectivity index (χ3v) is 3.17. The Morgan fingerprint density at radius 3 is 2.50 bits per heavy atom.